The normalized spacial score (nSPS) is 21.9. The number of nitrogens with zero attached hydrogens (tertiary/aromatic N) is 1. The molecule has 1 aliphatic heterocycles. The predicted molar refractivity (Wildman–Crippen MR) is 57.1 cm³/mol. The van der Waals surface area contributed by atoms with E-state index in [0.717, 1.165) is 19.3 Å². The van der Waals surface area contributed by atoms with Crippen LogP contribution < -0.4 is 5.32 Å². The van der Waals surface area contributed by atoms with Gasteiger partial charge < -0.3 is 20.4 Å². The van der Waals surface area contributed by atoms with E-state index in [1.54, 1.807) is 4.90 Å². The summed E-state index contributed by atoms with van der Waals surface area (Å²) in [7, 11) is 0. The molecule has 1 unspecified atom stereocenters. The number of carboxylic acids is 1. The number of hydrogen-bond donors (Lipinski definition) is 3. The van der Waals surface area contributed by atoms with Gasteiger partial charge in [-0.05, 0) is 19.3 Å². The minimum Gasteiger partial charge on any atom is -0.479 e. The van der Waals surface area contributed by atoms with Crippen LogP contribution in [0.5, 0.6) is 0 Å². The van der Waals surface area contributed by atoms with E-state index < -0.39 is 12.1 Å². The molecule has 2 atom stereocenters. The molecule has 2 amide bonds. The van der Waals surface area contributed by atoms with E-state index in [1.807, 2.05) is 6.92 Å². The number of nitrogens with one attached hydrogen (secondary N) is 1. The molecule has 1 saturated heterocycles. The monoisotopic (exact) mass is 230 g/mol. The van der Waals surface area contributed by atoms with Crippen LogP contribution in [0.4, 0.5) is 4.79 Å². The van der Waals surface area contributed by atoms with Gasteiger partial charge in [0.25, 0.3) is 0 Å². The van der Waals surface area contributed by atoms with Gasteiger partial charge in [0.2, 0.25) is 0 Å². The van der Waals surface area contributed by atoms with Gasteiger partial charge in [-0.1, -0.05) is 6.92 Å². The zero-order valence-electron chi connectivity index (χ0n) is 9.35. The Kier molecular flexibility index (Phi) is 4.54. The molecule has 6 heteroatoms. The van der Waals surface area contributed by atoms with Gasteiger partial charge in [-0.3, -0.25) is 0 Å². The Labute approximate surface area is 94.2 Å². The largest absolute Gasteiger partial charge is 0.479 e. The first-order chi connectivity index (χ1) is 7.56. The third-order valence-corrected chi connectivity index (χ3v) is 2.84. The van der Waals surface area contributed by atoms with Crippen LogP contribution in [0.2, 0.25) is 0 Å². The van der Waals surface area contributed by atoms with Crippen molar-refractivity contribution in [2.45, 2.75) is 38.3 Å². The zero-order chi connectivity index (χ0) is 12.1. The van der Waals surface area contributed by atoms with Crippen molar-refractivity contribution in [2.75, 3.05) is 13.1 Å². The summed E-state index contributed by atoms with van der Waals surface area (Å²) in [6.45, 7) is 2.47. The van der Waals surface area contributed by atoms with Crippen molar-refractivity contribution in [3.8, 4) is 0 Å². The Morgan fingerprint density at radius 2 is 2.25 bits per heavy atom. The van der Waals surface area contributed by atoms with Gasteiger partial charge in [0.05, 0.1) is 6.54 Å². The van der Waals surface area contributed by atoms with Gasteiger partial charge in [-0.2, -0.15) is 0 Å². The van der Waals surface area contributed by atoms with Crippen LogP contribution in [0, 0.1) is 0 Å². The summed E-state index contributed by atoms with van der Waals surface area (Å²) in [6, 6.07) is -0.0494. The molecule has 6 nitrogen and oxygen atoms in total. The average molecular weight is 230 g/mol. The molecule has 0 radical (unpaired) electrons. The van der Waals surface area contributed by atoms with E-state index >= 15 is 0 Å². The first kappa shape index (κ1) is 12.8. The molecule has 1 aliphatic rings. The summed E-state index contributed by atoms with van der Waals surface area (Å²) in [5.74, 6) is -1.33. The van der Waals surface area contributed by atoms with Crippen molar-refractivity contribution >= 4 is 12.0 Å². The summed E-state index contributed by atoms with van der Waals surface area (Å²) in [6.07, 6.45) is 1.33. The molecule has 0 aromatic rings. The Hall–Kier alpha value is -1.30. The number of aliphatic hydroxyl groups is 1. The van der Waals surface area contributed by atoms with E-state index in [-0.39, 0.29) is 18.6 Å². The van der Waals surface area contributed by atoms with Crippen LogP contribution in [0.25, 0.3) is 0 Å². The van der Waals surface area contributed by atoms with E-state index in [0.29, 0.717) is 6.54 Å². The van der Waals surface area contributed by atoms with Gasteiger partial charge >= 0.3 is 12.0 Å². The summed E-state index contributed by atoms with van der Waals surface area (Å²) >= 11 is 0. The Morgan fingerprint density at radius 3 is 2.81 bits per heavy atom. The Balaban J connectivity index is 2.37. The quantitative estimate of drug-likeness (QED) is 0.635. The van der Waals surface area contributed by atoms with Crippen molar-refractivity contribution in [2.24, 2.45) is 0 Å². The average Bonchev–Trinajstić information content (AvgIpc) is 2.73. The van der Waals surface area contributed by atoms with E-state index in [9.17, 15) is 9.59 Å². The van der Waals surface area contributed by atoms with Gasteiger partial charge in [-0.25, -0.2) is 9.59 Å². The van der Waals surface area contributed by atoms with Gasteiger partial charge in [0, 0.05) is 12.6 Å². The lowest BCUT2D eigenvalue weighted by Gasteiger charge is -2.24. The predicted octanol–water partition coefficient (Wildman–Crippen LogP) is 0.0159. The topological polar surface area (TPSA) is 89.9 Å². The molecule has 0 bridgehead atoms. The number of carboxylic acid groups (broad SMARTS) is 1. The van der Waals surface area contributed by atoms with E-state index in [2.05, 4.69) is 5.32 Å². The molecule has 0 saturated carbocycles. The van der Waals surface area contributed by atoms with Crippen LogP contribution >= 0.6 is 0 Å². The van der Waals surface area contributed by atoms with Crippen molar-refractivity contribution in [1.82, 2.24) is 10.2 Å². The Morgan fingerprint density at radius 1 is 1.56 bits per heavy atom. The molecule has 16 heavy (non-hydrogen) atoms. The highest BCUT2D eigenvalue weighted by Gasteiger charge is 2.27. The van der Waals surface area contributed by atoms with Crippen molar-refractivity contribution in [3.63, 3.8) is 0 Å². The van der Waals surface area contributed by atoms with Gasteiger partial charge in [-0.15, -0.1) is 0 Å². The molecule has 1 rings (SSSR count). The highest BCUT2D eigenvalue weighted by atomic mass is 16.4. The minimum absolute atomic E-state index is 0.238. The van der Waals surface area contributed by atoms with E-state index in [1.165, 1.54) is 0 Å². The fourth-order valence-corrected chi connectivity index (χ4v) is 1.90. The van der Waals surface area contributed by atoms with Gasteiger partial charge in [0.1, 0.15) is 0 Å². The second-order valence-corrected chi connectivity index (χ2v) is 3.94. The van der Waals surface area contributed by atoms with Crippen LogP contribution in [0.1, 0.15) is 26.2 Å². The fraction of sp³-hybridized carbons (Fsp3) is 0.800. The number of carbonyl (C=O) groups is 2. The maximum atomic E-state index is 11.7. The number of aliphatic carboxylic acids is 1. The molecule has 92 valence electrons. The van der Waals surface area contributed by atoms with E-state index in [4.69, 9.17) is 10.2 Å². The standard InChI is InChI=1S/C10H18N2O4/c1-2-7-4-3-5-12(7)10(16)11-6-8(13)9(14)15/h7-8,13H,2-6H2,1H3,(H,11,16)(H,14,15)/t7?,8-/m0/s1. The molecule has 0 spiro atoms. The van der Waals surface area contributed by atoms with Crippen LogP contribution in [-0.2, 0) is 4.79 Å². The first-order valence-corrected chi connectivity index (χ1v) is 5.51. The highest BCUT2D eigenvalue weighted by Crippen LogP contribution is 2.19. The number of aliphatic hydroxyl groups excluding tert-OH is 1. The SMILES string of the molecule is CCC1CCCN1C(=O)NC[C@H](O)C(=O)O. The summed E-state index contributed by atoms with van der Waals surface area (Å²) in [5, 5.41) is 19.9. The number of hydrogen-bond acceptors (Lipinski definition) is 3. The van der Waals surface area contributed by atoms with Crippen molar-refractivity contribution < 1.29 is 19.8 Å². The molecule has 1 heterocycles. The summed E-state index contributed by atoms with van der Waals surface area (Å²) in [4.78, 5) is 23.7. The van der Waals surface area contributed by atoms with Crippen LogP contribution in [0.15, 0.2) is 0 Å². The number of amides is 2. The highest BCUT2D eigenvalue weighted by molar-refractivity contribution is 5.77. The van der Waals surface area contributed by atoms with Crippen LogP contribution in [-0.4, -0.2) is 52.3 Å². The molecule has 1 fully saturated rings. The second-order valence-electron chi connectivity index (χ2n) is 3.94. The maximum Gasteiger partial charge on any atom is 0.334 e. The molecule has 0 aliphatic carbocycles. The smallest absolute Gasteiger partial charge is 0.334 e. The number of likely N-dealkylation sites (tertiary alicyclic amines) is 1. The minimum atomic E-state index is -1.54. The molecular formula is C10H18N2O4. The number of rotatable bonds is 4. The fourth-order valence-electron chi connectivity index (χ4n) is 1.90. The van der Waals surface area contributed by atoms with Crippen molar-refractivity contribution in [3.05, 3.63) is 0 Å². The lowest BCUT2D eigenvalue weighted by Crippen LogP contribution is -2.46. The summed E-state index contributed by atoms with van der Waals surface area (Å²) < 4.78 is 0. The molecule has 0 aromatic carbocycles. The third kappa shape index (κ3) is 3.10. The number of urea groups is 1. The summed E-state index contributed by atoms with van der Waals surface area (Å²) in [5.41, 5.74) is 0. The van der Waals surface area contributed by atoms with Crippen molar-refractivity contribution in [1.29, 1.82) is 0 Å². The molecular weight excluding hydrogens is 212 g/mol. The molecule has 0 aromatic heterocycles. The zero-order valence-corrected chi connectivity index (χ0v) is 9.35. The van der Waals surface area contributed by atoms with Gasteiger partial charge in [0.15, 0.2) is 6.10 Å². The third-order valence-electron chi connectivity index (χ3n) is 2.84. The first-order valence-electron chi connectivity index (χ1n) is 5.51. The van der Waals surface area contributed by atoms with Crippen LogP contribution in [0.3, 0.4) is 0 Å². The maximum absolute atomic E-state index is 11.7. The number of carbonyl (C=O) groups excluding carboxylic acids is 1. The second kappa shape index (κ2) is 5.69. The Bertz CT molecular complexity index is 270. The molecule has 3 N–H and O–H groups in total. The lowest BCUT2D eigenvalue weighted by molar-refractivity contribution is -0.146. The lowest BCUT2D eigenvalue weighted by atomic mass is 10.2.